The fraction of sp³-hybridized carbons (Fsp3) is 0.273. The Morgan fingerprint density at radius 3 is 2.63 bits per heavy atom. The molecule has 1 aliphatic rings. The van der Waals surface area contributed by atoms with Gasteiger partial charge in [-0.3, -0.25) is 14.6 Å². The number of pyridine rings is 1. The number of rotatable bonds is 4. The molecule has 154 valence electrons. The number of nitrogens with one attached hydrogen (secondary N) is 1. The van der Waals surface area contributed by atoms with E-state index in [9.17, 15) is 18.4 Å². The zero-order valence-corrected chi connectivity index (χ0v) is 16.1. The van der Waals surface area contributed by atoms with Crippen LogP contribution in [0.2, 0.25) is 0 Å². The first-order chi connectivity index (χ1) is 14.5. The molecule has 1 N–H and O–H groups in total. The molecule has 1 fully saturated rings. The molecule has 0 spiro atoms. The van der Waals surface area contributed by atoms with Crippen LogP contribution in [0.3, 0.4) is 0 Å². The zero-order chi connectivity index (χ0) is 21.1. The van der Waals surface area contributed by atoms with Crippen molar-refractivity contribution >= 4 is 5.91 Å². The molecule has 8 heteroatoms. The highest BCUT2D eigenvalue weighted by atomic mass is 19.1. The number of likely N-dealkylation sites (tertiary alicyclic amines) is 1. The Bertz CT molecular complexity index is 1110. The summed E-state index contributed by atoms with van der Waals surface area (Å²) in [5.41, 5.74) is 0.931. The van der Waals surface area contributed by atoms with Crippen molar-refractivity contribution in [1.29, 1.82) is 0 Å². The second kappa shape index (κ2) is 8.52. The van der Waals surface area contributed by atoms with Crippen LogP contribution in [-0.2, 0) is 11.2 Å². The fourth-order valence-corrected chi connectivity index (χ4v) is 3.67. The summed E-state index contributed by atoms with van der Waals surface area (Å²) in [6, 6.07) is 9.94. The molecule has 0 bridgehead atoms. The summed E-state index contributed by atoms with van der Waals surface area (Å²) in [7, 11) is 0. The number of aromatic amines is 1. The van der Waals surface area contributed by atoms with Gasteiger partial charge < -0.3 is 9.88 Å². The number of halogens is 2. The summed E-state index contributed by atoms with van der Waals surface area (Å²) in [4.78, 5) is 37.9. The Balaban J connectivity index is 1.43. The second-order valence-corrected chi connectivity index (χ2v) is 7.30. The number of carbonyl (C=O) groups excluding carboxylic acids is 1. The number of H-pyrrole nitrogens is 1. The zero-order valence-electron chi connectivity index (χ0n) is 16.1. The molecular formula is C22H20F2N4O2. The highest BCUT2D eigenvalue weighted by Crippen LogP contribution is 2.26. The number of hydrogen-bond acceptors (Lipinski definition) is 4. The largest absolute Gasteiger partial charge is 0.342 e. The highest BCUT2D eigenvalue weighted by Gasteiger charge is 2.26. The lowest BCUT2D eigenvalue weighted by Gasteiger charge is -2.31. The van der Waals surface area contributed by atoms with Crippen molar-refractivity contribution in [2.24, 2.45) is 0 Å². The molecule has 4 rings (SSSR count). The molecule has 0 aliphatic carbocycles. The number of amides is 1. The maximum atomic E-state index is 13.8. The van der Waals surface area contributed by atoms with Crippen LogP contribution >= 0.6 is 0 Å². The lowest BCUT2D eigenvalue weighted by molar-refractivity contribution is -0.131. The molecule has 1 amide bonds. The number of hydrogen-bond donors (Lipinski definition) is 1. The van der Waals surface area contributed by atoms with E-state index < -0.39 is 11.6 Å². The molecule has 1 saturated heterocycles. The fourth-order valence-electron chi connectivity index (χ4n) is 3.67. The average Bonchev–Trinajstić information content (AvgIpc) is 2.76. The summed E-state index contributed by atoms with van der Waals surface area (Å²) in [6.07, 6.45) is 2.69. The van der Waals surface area contributed by atoms with Crippen LogP contribution in [-0.4, -0.2) is 38.8 Å². The molecule has 3 heterocycles. The minimum absolute atomic E-state index is 0.00341. The molecule has 6 nitrogen and oxygen atoms in total. The van der Waals surface area contributed by atoms with Crippen molar-refractivity contribution in [1.82, 2.24) is 19.9 Å². The minimum Gasteiger partial charge on any atom is -0.342 e. The van der Waals surface area contributed by atoms with Crippen molar-refractivity contribution in [3.8, 4) is 11.4 Å². The van der Waals surface area contributed by atoms with Gasteiger partial charge in [-0.2, -0.15) is 0 Å². The van der Waals surface area contributed by atoms with Gasteiger partial charge in [-0.1, -0.05) is 6.07 Å². The third kappa shape index (κ3) is 4.42. The molecule has 0 saturated carbocycles. The lowest BCUT2D eigenvalue weighted by atomic mass is 9.95. The first-order valence-corrected chi connectivity index (χ1v) is 9.74. The Labute approximate surface area is 171 Å². The van der Waals surface area contributed by atoms with Crippen molar-refractivity contribution in [2.75, 3.05) is 13.1 Å². The number of aromatic nitrogens is 3. The van der Waals surface area contributed by atoms with E-state index in [0.29, 0.717) is 43.1 Å². The average molecular weight is 410 g/mol. The Kier molecular flexibility index (Phi) is 5.65. The predicted molar refractivity (Wildman–Crippen MR) is 107 cm³/mol. The number of piperidine rings is 1. The summed E-state index contributed by atoms with van der Waals surface area (Å²) in [5, 5.41) is 0. The smallest absolute Gasteiger partial charge is 0.251 e. The summed E-state index contributed by atoms with van der Waals surface area (Å²) >= 11 is 0. The third-order valence-corrected chi connectivity index (χ3v) is 5.27. The molecule has 30 heavy (non-hydrogen) atoms. The maximum absolute atomic E-state index is 13.8. The summed E-state index contributed by atoms with van der Waals surface area (Å²) < 4.78 is 27.1. The van der Waals surface area contributed by atoms with Gasteiger partial charge in [0.2, 0.25) is 5.91 Å². The highest BCUT2D eigenvalue weighted by molar-refractivity contribution is 5.79. The second-order valence-electron chi connectivity index (χ2n) is 7.30. The van der Waals surface area contributed by atoms with Crippen LogP contribution in [0.1, 0.15) is 30.1 Å². The number of carbonyl (C=O) groups is 1. The minimum atomic E-state index is -0.590. The van der Waals surface area contributed by atoms with Gasteiger partial charge in [0.1, 0.15) is 17.5 Å². The quantitative estimate of drug-likeness (QED) is 0.717. The Morgan fingerprint density at radius 2 is 1.90 bits per heavy atom. The number of nitrogens with zero attached hydrogens (tertiary/aromatic N) is 3. The summed E-state index contributed by atoms with van der Waals surface area (Å²) in [5.74, 6) is -0.835. The topological polar surface area (TPSA) is 79.0 Å². The van der Waals surface area contributed by atoms with Gasteiger partial charge in [0.15, 0.2) is 0 Å². The van der Waals surface area contributed by atoms with E-state index in [1.165, 1.54) is 6.07 Å². The molecule has 3 aromatic rings. The van der Waals surface area contributed by atoms with E-state index >= 15 is 0 Å². The van der Waals surface area contributed by atoms with E-state index in [1.54, 1.807) is 23.2 Å². The van der Waals surface area contributed by atoms with E-state index in [1.807, 2.05) is 6.07 Å². The lowest BCUT2D eigenvalue weighted by Crippen LogP contribution is -2.39. The van der Waals surface area contributed by atoms with Crippen LogP contribution in [0.25, 0.3) is 11.4 Å². The monoisotopic (exact) mass is 410 g/mol. The Morgan fingerprint density at radius 1 is 1.10 bits per heavy atom. The number of benzene rings is 1. The van der Waals surface area contributed by atoms with Gasteiger partial charge in [0, 0.05) is 36.8 Å². The molecular weight excluding hydrogens is 390 g/mol. The van der Waals surface area contributed by atoms with Gasteiger partial charge in [-0.05, 0) is 43.2 Å². The van der Waals surface area contributed by atoms with Crippen molar-refractivity contribution < 1.29 is 13.6 Å². The predicted octanol–water partition coefficient (Wildman–Crippen LogP) is 3.06. The van der Waals surface area contributed by atoms with Crippen LogP contribution < -0.4 is 5.56 Å². The molecule has 0 atom stereocenters. The van der Waals surface area contributed by atoms with Gasteiger partial charge in [0.25, 0.3) is 5.56 Å². The SMILES string of the molecule is O=C(Cc1cc(F)ccc1F)N1CCC(c2nc(-c3ccccn3)cc(=O)[nH]2)CC1. The van der Waals surface area contributed by atoms with Crippen molar-refractivity contribution in [3.63, 3.8) is 0 Å². The van der Waals surface area contributed by atoms with Gasteiger partial charge >= 0.3 is 0 Å². The normalized spacial score (nSPS) is 14.7. The summed E-state index contributed by atoms with van der Waals surface area (Å²) in [6.45, 7) is 0.913. The molecule has 2 aromatic heterocycles. The van der Waals surface area contributed by atoms with Gasteiger partial charge in [-0.25, -0.2) is 13.8 Å². The molecule has 0 radical (unpaired) electrons. The van der Waals surface area contributed by atoms with Crippen LogP contribution in [0.4, 0.5) is 8.78 Å². The van der Waals surface area contributed by atoms with E-state index in [-0.39, 0.29) is 29.4 Å². The van der Waals surface area contributed by atoms with Gasteiger partial charge in [0.05, 0.1) is 17.8 Å². The van der Waals surface area contributed by atoms with Crippen LogP contribution in [0.5, 0.6) is 0 Å². The van der Waals surface area contributed by atoms with Crippen LogP contribution in [0.15, 0.2) is 53.5 Å². The van der Waals surface area contributed by atoms with Crippen molar-refractivity contribution in [3.05, 3.63) is 82.0 Å². The first-order valence-electron chi connectivity index (χ1n) is 9.74. The van der Waals surface area contributed by atoms with E-state index in [0.717, 1.165) is 18.2 Å². The Hall–Kier alpha value is -3.42. The maximum Gasteiger partial charge on any atom is 0.251 e. The molecule has 1 aromatic carbocycles. The van der Waals surface area contributed by atoms with E-state index in [2.05, 4.69) is 15.0 Å². The van der Waals surface area contributed by atoms with E-state index in [4.69, 9.17) is 0 Å². The third-order valence-electron chi connectivity index (χ3n) is 5.27. The van der Waals surface area contributed by atoms with Crippen molar-refractivity contribution in [2.45, 2.75) is 25.2 Å². The van der Waals surface area contributed by atoms with Gasteiger partial charge in [-0.15, -0.1) is 0 Å². The first kappa shape index (κ1) is 19.9. The molecule has 0 unspecified atom stereocenters. The standard InChI is InChI=1S/C22H20F2N4O2/c23-16-4-5-17(24)15(11-16)12-21(30)28-9-6-14(7-10-28)22-26-19(13-20(29)27-22)18-3-1-2-8-25-18/h1-5,8,11,13-14H,6-7,9-10,12H2,(H,26,27,29). The molecule has 1 aliphatic heterocycles. The van der Waals surface area contributed by atoms with Crippen LogP contribution in [0, 0.1) is 11.6 Å².